The summed E-state index contributed by atoms with van der Waals surface area (Å²) in [4.78, 5) is 2.98. The van der Waals surface area contributed by atoms with Crippen molar-refractivity contribution in [2.24, 2.45) is 0 Å². The van der Waals surface area contributed by atoms with E-state index in [1.165, 1.54) is 0 Å². The third-order valence-corrected chi connectivity index (χ3v) is 1.32. The molecule has 1 rings (SSSR count). The molecule has 0 aliphatic carbocycles. The summed E-state index contributed by atoms with van der Waals surface area (Å²) < 4.78 is 35.8. The fraction of sp³-hybridized carbons (Fsp3) is 0.125. The summed E-state index contributed by atoms with van der Waals surface area (Å²) in [6, 6.07) is 4.09. The molecule has 0 aliphatic rings. The van der Waals surface area contributed by atoms with Crippen LogP contribution in [0.1, 0.15) is 5.56 Å². The molecule has 0 saturated heterocycles. The van der Waals surface area contributed by atoms with Gasteiger partial charge in [0.25, 0.3) is 0 Å². The third-order valence-electron chi connectivity index (χ3n) is 1.32. The Kier molecular flexibility index (Phi) is 4.15. The van der Waals surface area contributed by atoms with E-state index in [0.717, 1.165) is 24.3 Å². The molecule has 1 aromatic rings. The van der Waals surface area contributed by atoms with E-state index in [-0.39, 0.29) is 26.8 Å². The van der Waals surface area contributed by atoms with Crippen molar-refractivity contribution in [2.45, 2.75) is 6.18 Å². The molecule has 0 spiro atoms. The molecule has 0 fully saturated rings. The van der Waals surface area contributed by atoms with Crippen LogP contribution in [0.2, 0.25) is 0 Å². The summed E-state index contributed by atoms with van der Waals surface area (Å²) in [5.74, 6) is 0. The Balaban J connectivity index is 0.00000144. The van der Waals surface area contributed by atoms with Crippen molar-refractivity contribution in [3.05, 3.63) is 41.2 Å². The summed E-state index contributed by atoms with van der Waals surface area (Å²) in [6.45, 7) is 6.51. The van der Waals surface area contributed by atoms with Crippen molar-refractivity contribution >= 4 is 5.69 Å². The average Bonchev–Trinajstić information content (AvgIpc) is 2.03. The van der Waals surface area contributed by atoms with Crippen molar-refractivity contribution in [1.82, 2.24) is 0 Å². The van der Waals surface area contributed by atoms with Crippen LogP contribution >= 0.6 is 0 Å². The minimum Gasteiger partial charge on any atom is -0.238 e. The van der Waals surface area contributed by atoms with E-state index in [1.807, 2.05) is 0 Å². The van der Waals surface area contributed by atoms with Crippen LogP contribution < -0.4 is 0 Å². The first-order valence-corrected chi connectivity index (χ1v) is 3.09. The number of benzene rings is 1. The Morgan fingerprint density at radius 1 is 1.08 bits per heavy atom. The molecule has 1 aromatic carbocycles. The number of hydrogen-bond acceptors (Lipinski definition) is 0. The predicted molar refractivity (Wildman–Crippen MR) is 37.7 cm³/mol. The largest absolute Gasteiger partial charge is 0.416 e. The topological polar surface area (TPSA) is 4.36 Å². The molecular weight excluding hydrogens is 362 g/mol. The molecular formula is C8H4F3NPt. The van der Waals surface area contributed by atoms with E-state index in [4.69, 9.17) is 6.57 Å². The van der Waals surface area contributed by atoms with E-state index in [0.29, 0.717) is 0 Å². The maximum absolute atomic E-state index is 11.9. The predicted octanol–water partition coefficient (Wildman–Crippen LogP) is 3.25. The Bertz CT molecular complexity index is 310. The van der Waals surface area contributed by atoms with Crippen LogP contribution in [0.25, 0.3) is 4.85 Å². The zero-order chi connectivity index (χ0) is 9.19. The molecule has 0 aromatic heterocycles. The van der Waals surface area contributed by atoms with E-state index in [9.17, 15) is 13.2 Å². The molecule has 1 nitrogen and oxygen atoms in total. The second kappa shape index (κ2) is 4.43. The summed E-state index contributed by atoms with van der Waals surface area (Å²) >= 11 is 0. The maximum Gasteiger partial charge on any atom is 0.416 e. The van der Waals surface area contributed by atoms with Crippen LogP contribution in [0.3, 0.4) is 0 Å². The van der Waals surface area contributed by atoms with Gasteiger partial charge in [0.2, 0.25) is 0 Å². The molecule has 0 amide bonds. The van der Waals surface area contributed by atoms with Crippen molar-refractivity contribution in [1.29, 1.82) is 0 Å². The summed E-state index contributed by atoms with van der Waals surface area (Å²) in [7, 11) is 0. The quantitative estimate of drug-likeness (QED) is 0.621. The Labute approximate surface area is 87.6 Å². The second-order valence-corrected chi connectivity index (χ2v) is 2.16. The van der Waals surface area contributed by atoms with Crippen LogP contribution in [0.5, 0.6) is 0 Å². The zero-order valence-electron chi connectivity index (χ0n) is 6.21. The minimum atomic E-state index is -4.32. The summed E-state index contributed by atoms with van der Waals surface area (Å²) in [5, 5.41) is 0. The Morgan fingerprint density at radius 3 is 1.85 bits per heavy atom. The number of hydrogen-bond donors (Lipinski definition) is 0. The SMILES string of the molecule is [C-]#[N+]c1ccc(C(F)(F)F)cc1.[Pt]. The van der Waals surface area contributed by atoms with Gasteiger partial charge in [-0.25, -0.2) is 4.85 Å². The fourth-order valence-electron chi connectivity index (χ4n) is 0.725. The maximum atomic E-state index is 11.9. The van der Waals surface area contributed by atoms with Gasteiger partial charge < -0.3 is 0 Å². The minimum absolute atomic E-state index is 0. The molecule has 0 N–H and O–H groups in total. The molecule has 0 atom stereocenters. The first-order chi connectivity index (χ1) is 5.54. The van der Waals surface area contributed by atoms with Crippen molar-refractivity contribution in [3.63, 3.8) is 0 Å². The third kappa shape index (κ3) is 3.20. The van der Waals surface area contributed by atoms with E-state index < -0.39 is 11.7 Å². The monoisotopic (exact) mass is 366 g/mol. The van der Waals surface area contributed by atoms with Crippen LogP contribution in [0.4, 0.5) is 18.9 Å². The van der Waals surface area contributed by atoms with Crippen LogP contribution in [0.15, 0.2) is 24.3 Å². The standard InChI is InChI=1S/C8H4F3N.Pt/c1-12-7-4-2-6(3-5-7)8(9,10)11;/h2-5H;. The normalized spacial score (nSPS) is 10.0. The molecule has 0 unspecified atom stereocenters. The zero-order valence-corrected chi connectivity index (χ0v) is 8.48. The average molecular weight is 366 g/mol. The molecule has 0 heterocycles. The Morgan fingerprint density at radius 2 is 1.54 bits per heavy atom. The van der Waals surface area contributed by atoms with Gasteiger partial charge in [-0.2, -0.15) is 13.2 Å². The number of nitrogens with zero attached hydrogens (tertiary/aromatic N) is 1. The molecule has 5 heteroatoms. The van der Waals surface area contributed by atoms with Gasteiger partial charge in [0.15, 0.2) is 5.69 Å². The van der Waals surface area contributed by atoms with E-state index >= 15 is 0 Å². The van der Waals surface area contributed by atoms with Crippen molar-refractivity contribution in [3.8, 4) is 0 Å². The van der Waals surface area contributed by atoms with Gasteiger partial charge in [-0.3, -0.25) is 0 Å². The summed E-state index contributed by atoms with van der Waals surface area (Å²) in [5.41, 5.74) is -0.516. The van der Waals surface area contributed by atoms with E-state index in [1.54, 1.807) is 0 Å². The van der Waals surface area contributed by atoms with Crippen LogP contribution in [-0.2, 0) is 27.2 Å². The molecule has 13 heavy (non-hydrogen) atoms. The molecule has 0 saturated carbocycles. The van der Waals surface area contributed by atoms with Gasteiger partial charge in [-0.15, -0.1) is 0 Å². The van der Waals surface area contributed by atoms with Gasteiger partial charge in [0.1, 0.15) is 0 Å². The summed E-state index contributed by atoms with van der Waals surface area (Å²) in [6.07, 6.45) is -4.32. The van der Waals surface area contributed by atoms with Gasteiger partial charge in [-0.05, 0) is 0 Å². The first-order valence-electron chi connectivity index (χ1n) is 3.09. The van der Waals surface area contributed by atoms with Gasteiger partial charge >= 0.3 is 6.18 Å². The van der Waals surface area contributed by atoms with Crippen molar-refractivity contribution < 1.29 is 34.2 Å². The van der Waals surface area contributed by atoms with Crippen LogP contribution in [0, 0.1) is 6.57 Å². The smallest absolute Gasteiger partial charge is 0.238 e. The second-order valence-electron chi connectivity index (χ2n) is 2.16. The molecule has 0 radical (unpaired) electrons. The molecule has 72 valence electrons. The number of halogens is 3. The van der Waals surface area contributed by atoms with Crippen molar-refractivity contribution in [2.75, 3.05) is 0 Å². The fourth-order valence-corrected chi connectivity index (χ4v) is 0.725. The first kappa shape index (κ1) is 12.2. The Hall–Kier alpha value is -0.812. The number of alkyl halides is 3. The van der Waals surface area contributed by atoms with Crippen LogP contribution in [-0.4, -0.2) is 0 Å². The number of rotatable bonds is 0. The molecule has 0 bridgehead atoms. The molecule has 0 aliphatic heterocycles. The van der Waals surface area contributed by atoms with Gasteiger partial charge in [0, 0.05) is 21.1 Å². The van der Waals surface area contributed by atoms with E-state index in [2.05, 4.69) is 4.85 Å². The van der Waals surface area contributed by atoms with Gasteiger partial charge in [0.05, 0.1) is 12.1 Å². The van der Waals surface area contributed by atoms with Gasteiger partial charge in [-0.1, -0.05) is 24.3 Å².